The molecule has 2 aromatic rings. The zero-order valence-corrected chi connectivity index (χ0v) is 15.0. The van der Waals surface area contributed by atoms with Crippen molar-refractivity contribution in [2.24, 2.45) is 0 Å². The van der Waals surface area contributed by atoms with Crippen molar-refractivity contribution in [3.05, 3.63) is 59.9 Å². The van der Waals surface area contributed by atoms with Crippen LogP contribution in [0.1, 0.15) is 35.8 Å². The van der Waals surface area contributed by atoms with Crippen LogP contribution in [0.4, 0.5) is 0 Å². The fourth-order valence-electron chi connectivity index (χ4n) is 2.95. The van der Waals surface area contributed by atoms with Crippen LogP contribution in [0, 0.1) is 0 Å². The van der Waals surface area contributed by atoms with E-state index in [-0.39, 0.29) is 11.9 Å². The number of nitrogens with zero attached hydrogens (tertiary/aromatic N) is 4. The normalized spacial score (nSPS) is 16.0. The highest BCUT2D eigenvalue weighted by Crippen LogP contribution is 2.11. The summed E-state index contributed by atoms with van der Waals surface area (Å²) in [5, 5.41) is 4.27. The molecule has 1 aromatic heterocycles. The maximum atomic E-state index is 12.6. The summed E-state index contributed by atoms with van der Waals surface area (Å²) in [6.07, 6.45) is 7.87. The smallest absolute Gasteiger partial charge is 0.257 e. The molecule has 1 saturated heterocycles. The summed E-state index contributed by atoms with van der Waals surface area (Å²) in [7, 11) is 0. The van der Waals surface area contributed by atoms with Crippen molar-refractivity contribution in [1.82, 2.24) is 19.6 Å². The Bertz CT molecular complexity index is 712. The van der Waals surface area contributed by atoms with Gasteiger partial charge in [0.15, 0.2) is 0 Å². The monoisotopic (exact) mass is 338 g/mol. The van der Waals surface area contributed by atoms with Crippen LogP contribution in [0.25, 0.3) is 6.08 Å². The molecule has 1 aliphatic rings. The molecule has 1 amide bonds. The summed E-state index contributed by atoms with van der Waals surface area (Å²) in [6, 6.07) is 10.6. The van der Waals surface area contributed by atoms with Gasteiger partial charge in [0.2, 0.25) is 0 Å². The van der Waals surface area contributed by atoms with E-state index in [1.165, 1.54) is 5.56 Å². The second kappa shape index (κ2) is 8.12. The summed E-state index contributed by atoms with van der Waals surface area (Å²) in [4.78, 5) is 16.9. The molecule has 3 rings (SSSR count). The largest absolute Gasteiger partial charge is 0.336 e. The van der Waals surface area contributed by atoms with Gasteiger partial charge in [-0.1, -0.05) is 42.5 Å². The van der Waals surface area contributed by atoms with E-state index in [1.807, 2.05) is 34.0 Å². The number of amides is 1. The van der Waals surface area contributed by atoms with Gasteiger partial charge in [0.05, 0.1) is 11.8 Å². The first-order valence-electron chi connectivity index (χ1n) is 8.91. The fourth-order valence-corrected chi connectivity index (χ4v) is 2.95. The number of carbonyl (C=O) groups excluding carboxylic acids is 1. The Kier molecular flexibility index (Phi) is 5.66. The first kappa shape index (κ1) is 17.4. The lowest BCUT2D eigenvalue weighted by atomic mass is 10.2. The maximum Gasteiger partial charge on any atom is 0.257 e. The lowest BCUT2D eigenvalue weighted by Gasteiger charge is -2.34. The van der Waals surface area contributed by atoms with E-state index >= 15 is 0 Å². The van der Waals surface area contributed by atoms with Crippen LogP contribution in [-0.2, 0) is 0 Å². The molecule has 1 aliphatic heterocycles. The second-order valence-electron chi connectivity index (χ2n) is 6.71. The first-order chi connectivity index (χ1) is 12.1. The van der Waals surface area contributed by atoms with Gasteiger partial charge < -0.3 is 4.90 Å². The number of hydrogen-bond donors (Lipinski definition) is 0. The molecule has 0 bridgehead atoms. The minimum Gasteiger partial charge on any atom is -0.336 e. The van der Waals surface area contributed by atoms with Gasteiger partial charge in [0.1, 0.15) is 0 Å². The van der Waals surface area contributed by atoms with Gasteiger partial charge in [-0.15, -0.1) is 0 Å². The van der Waals surface area contributed by atoms with Crippen LogP contribution in [0.2, 0.25) is 0 Å². The third-order valence-electron chi connectivity index (χ3n) is 4.51. The minimum atomic E-state index is 0.0892. The summed E-state index contributed by atoms with van der Waals surface area (Å²) >= 11 is 0. The summed E-state index contributed by atoms with van der Waals surface area (Å²) in [5.74, 6) is 0.0892. The van der Waals surface area contributed by atoms with Crippen molar-refractivity contribution in [2.75, 3.05) is 32.7 Å². The van der Waals surface area contributed by atoms with E-state index in [2.05, 4.69) is 48.1 Å². The van der Waals surface area contributed by atoms with Crippen molar-refractivity contribution in [3.63, 3.8) is 0 Å². The third kappa shape index (κ3) is 4.57. The molecule has 0 N–H and O–H groups in total. The molecule has 5 nitrogen and oxygen atoms in total. The quantitative estimate of drug-likeness (QED) is 0.842. The second-order valence-corrected chi connectivity index (χ2v) is 6.71. The molecule has 0 radical (unpaired) electrons. The highest BCUT2D eigenvalue weighted by atomic mass is 16.2. The van der Waals surface area contributed by atoms with Crippen molar-refractivity contribution in [1.29, 1.82) is 0 Å². The van der Waals surface area contributed by atoms with Crippen molar-refractivity contribution in [2.45, 2.75) is 19.9 Å². The number of aromatic nitrogens is 2. The Balaban J connectivity index is 1.48. The number of rotatable bonds is 5. The summed E-state index contributed by atoms with van der Waals surface area (Å²) in [6.45, 7) is 8.39. The Hall–Kier alpha value is -2.40. The van der Waals surface area contributed by atoms with E-state index in [0.29, 0.717) is 5.56 Å². The molecule has 0 spiro atoms. The van der Waals surface area contributed by atoms with Crippen molar-refractivity contribution < 1.29 is 4.79 Å². The molecular formula is C20H26N4O. The van der Waals surface area contributed by atoms with Crippen LogP contribution in [-0.4, -0.2) is 58.2 Å². The van der Waals surface area contributed by atoms with Gasteiger partial charge in [0, 0.05) is 45.0 Å². The lowest BCUT2D eigenvalue weighted by molar-refractivity contribution is 0.0650. The zero-order chi connectivity index (χ0) is 17.6. The zero-order valence-electron chi connectivity index (χ0n) is 15.0. The van der Waals surface area contributed by atoms with Crippen LogP contribution < -0.4 is 0 Å². The van der Waals surface area contributed by atoms with Crippen molar-refractivity contribution in [3.8, 4) is 0 Å². The van der Waals surface area contributed by atoms with E-state index in [9.17, 15) is 4.79 Å². The van der Waals surface area contributed by atoms with Crippen LogP contribution in [0.15, 0.2) is 48.8 Å². The number of carbonyl (C=O) groups is 1. The maximum absolute atomic E-state index is 12.6. The average Bonchev–Trinajstić information content (AvgIpc) is 3.13. The average molecular weight is 338 g/mol. The SMILES string of the molecule is CC(C)n1cc(C(=O)N2CCN(C/C=C/c3ccccc3)CC2)cn1. The molecule has 2 heterocycles. The Morgan fingerprint density at radius 2 is 1.88 bits per heavy atom. The third-order valence-corrected chi connectivity index (χ3v) is 4.51. The van der Waals surface area contributed by atoms with Crippen LogP contribution >= 0.6 is 0 Å². The Labute approximate surface area is 149 Å². The number of piperazine rings is 1. The minimum absolute atomic E-state index is 0.0892. The standard InChI is InChI=1S/C20H26N4O/c1-17(2)24-16-19(15-21-24)20(25)23-13-11-22(12-14-23)10-6-9-18-7-4-3-5-8-18/h3-9,15-17H,10-14H2,1-2H3/b9-6+. The predicted octanol–water partition coefficient (Wildman–Crippen LogP) is 2.94. The molecule has 0 unspecified atom stereocenters. The molecule has 0 saturated carbocycles. The predicted molar refractivity (Wildman–Crippen MR) is 100 cm³/mol. The molecule has 5 heteroatoms. The van der Waals surface area contributed by atoms with E-state index in [4.69, 9.17) is 0 Å². The van der Waals surface area contributed by atoms with Gasteiger partial charge in [0.25, 0.3) is 5.91 Å². The molecular weight excluding hydrogens is 312 g/mol. The van der Waals surface area contributed by atoms with Gasteiger partial charge in [-0.3, -0.25) is 14.4 Å². The highest BCUT2D eigenvalue weighted by Gasteiger charge is 2.22. The molecule has 1 fully saturated rings. The highest BCUT2D eigenvalue weighted by molar-refractivity contribution is 5.93. The van der Waals surface area contributed by atoms with E-state index in [1.54, 1.807) is 6.20 Å². The van der Waals surface area contributed by atoms with Gasteiger partial charge in [-0.05, 0) is 19.4 Å². The molecule has 25 heavy (non-hydrogen) atoms. The molecule has 0 aliphatic carbocycles. The lowest BCUT2D eigenvalue weighted by Crippen LogP contribution is -2.48. The summed E-state index contributed by atoms with van der Waals surface area (Å²) < 4.78 is 1.83. The fraction of sp³-hybridized carbons (Fsp3) is 0.400. The van der Waals surface area contributed by atoms with Crippen LogP contribution in [0.5, 0.6) is 0 Å². The van der Waals surface area contributed by atoms with Gasteiger partial charge >= 0.3 is 0 Å². The molecule has 1 aromatic carbocycles. The van der Waals surface area contributed by atoms with Crippen LogP contribution in [0.3, 0.4) is 0 Å². The summed E-state index contributed by atoms with van der Waals surface area (Å²) in [5.41, 5.74) is 1.91. The van der Waals surface area contributed by atoms with E-state index < -0.39 is 0 Å². The topological polar surface area (TPSA) is 41.4 Å². The van der Waals surface area contributed by atoms with Gasteiger partial charge in [-0.2, -0.15) is 5.10 Å². The van der Waals surface area contributed by atoms with Gasteiger partial charge in [-0.25, -0.2) is 0 Å². The Morgan fingerprint density at radius 1 is 1.16 bits per heavy atom. The van der Waals surface area contributed by atoms with Crippen molar-refractivity contribution >= 4 is 12.0 Å². The number of benzene rings is 1. The number of hydrogen-bond acceptors (Lipinski definition) is 3. The van der Waals surface area contributed by atoms with E-state index in [0.717, 1.165) is 32.7 Å². The Morgan fingerprint density at radius 3 is 2.52 bits per heavy atom. The molecule has 0 atom stereocenters. The molecule has 132 valence electrons. The first-order valence-corrected chi connectivity index (χ1v) is 8.91.